The standard InChI is InChI=1S/C15H14BrNO3/c1-8-10(5-6-12(16)14(8)19-2)13(18)11-7-17-20-15(11)9-3-4-9/h5-7,9H,3-4H2,1-2H3. The van der Waals surface area contributed by atoms with Crippen molar-refractivity contribution < 1.29 is 14.1 Å². The molecule has 20 heavy (non-hydrogen) atoms. The lowest BCUT2D eigenvalue weighted by molar-refractivity contribution is 0.103. The van der Waals surface area contributed by atoms with E-state index in [4.69, 9.17) is 9.26 Å². The van der Waals surface area contributed by atoms with E-state index in [1.165, 1.54) is 6.20 Å². The number of halogens is 1. The van der Waals surface area contributed by atoms with E-state index in [0.717, 1.165) is 28.6 Å². The van der Waals surface area contributed by atoms with Crippen LogP contribution in [0.25, 0.3) is 0 Å². The monoisotopic (exact) mass is 335 g/mol. The van der Waals surface area contributed by atoms with Gasteiger partial charge >= 0.3 is 0 Å². The van der Waals surface area contributed by atoms with Crippen LogP contribution in [0.5, 0.6) is 5.75 Å². The van der Waals surface area contributed by atoms with Crippen LogP contribution in [-0.2, 0) is 0 Å². The fourth-order valence-corrected chi connectivity index (χ4v) is 2.95. The van der Waals surface area contributed by atoms with Crippen LogP contribution in [0.4, 0.5) is 0 Å². The number of benzene rings is 1. The number of methoxy groups -OCH3 is 1. The predicted molar refractivity (Wildman–Crippen MR) is 77.3 cm³/mol. The highest BCUT2D eigenvalue weighted by Gasteiger charge is 2.33. The summed E-state index contributed by atoms with van der Waals surface area (Å²) in [5.74, 6) is 1.70. The van der Waals surface area contributed by atoms with E-state index >= 15 is 0 Å². The van der Waals surface area contributed by atoms with Crippen LogP contribution in [0.1, 0.15) is 46.0 Å². The van der Waals surface area contributed by atoms with Crippen LogP contribution in [0.15, 0.2) is 27.3 Å². The summed E-state index contributed by atoms with van der Waals surface area (Å²) in [7, 11) is 1.59. The number of carbonyl (C=O) groups excluding carboxylic acids is 1. The number of aromatic nitrogens is 1. The van der Waals surface area contributed by atoms with Crippen molar-refractivity contribution in [3.8, 4) is 5.75 Å². The Balaban J connectivity index is 2.04. The molecule has 0 unspecified atom stereocenters. The molecule has 0 atom stereocenters. The average Bonchev–Trinajstić information content (AvgIpc) is 3.16. The van der Waals surface area contributed by atoms with Crippen molar-refractivity contribution in [3.05, 3.63) is 45.3 Å². The molecule has 0 radical (unpaired) electrons. The maximum absolute atomic E-state index is 12.7. The maximum atomic E-state index is 12.7. The van der Waals surface area contributed by atoms with Gasteiger partial charge in [-0.05, 0) is 47.8 Å². The summed E-state index contributed by atoms with van der Waals surface area (Å²) >= 11 is 3.42. The van der Waals surface area contributed by atoms with Crippen molar-refractivity contribution in [3.63, 3.8) is 0 Å². The second-order valence-electron chi connectivity index (χ2n) is 4.96. The minimum absolute atomic E-state index is 0.0588. The summed E-state index contributed by atoms with van der Waals surface area (Å²) in [4.78, 5) is 12.7. The summed E-state index contributed by atoms with van der Waals surface area (Å²) in [6, 6.07) is 3.62. The van der Waals surface area contributed by atoms with E-state index in [1.54, 1.807) is 13.2 Å². The van der Waals surface area contributed by atoms with Crippen LogP contribution >= 0.6 is 15.9 Å². The van der Waals surface area contributed by atoms with Crippen LogP contribution < -0.4 is 4.74 Å². The largest absolute Gasteiger partial charge is 0.495 e. The normalized spacial score (nSPS) is 14.3. The van der Waals surface area contributed by atoms with Crippen LogP contribution in [0.3, 0.4) is 0 Å². The van der Waals surface area contributed by atoms with Gasteiger partial charge in [0.05, 0.1) is 23.3 Å². The smallest absolute Gasteiger partial charge is 0.198 e. The maximum Gasteiger partial charge on any atom is 0.198 e. The van der Waals surface area contributed by atoms with Gasteiger partial charge in [0.25, 0.3) is 0 Å². The highest BCUT2D eigenvalue weighted by molar-refractivity contribution is 9.10. The van der Waals surface area contributed by atoms with Gasteiger partial charge in [0.15, 0.2) is 11.5 Å². The molecule has 1 heterocycles. The molecule has 104 valence electrons. The van der Waals surface area contributed by atoms with Crippen molar-refractivity contribution in [2.75, 3.05) is 7.11 Å². The molecule has 1 aromatic carbocycles. The molecule has 1 aliphatic rings. The Bertz CT molecular complexity index is 674. The fourth-order valence-electron chi connectivity index (χ4n) is 2.36. The van der Waals surface area contributed by atoms with E-state index < -0.39 is 0 Å². The molecule has 0 spiro atoms. The van der Waals surface area contributed by atoms with Crippen molar-refractivity contribution in [1.82, 2.24) is 5.16 Å². The van der Waals surface area contributed by atoms with Gasteiger partial charge in [-0.3, -0.25) is 4.79 Å². The highest BCUT2D eigenvalue weighted by Crippen LogP contribution is 2.42. The number of hydrogen-bond acceptors (Lipinski definition) is 4. The fraction of sp³-hybridized carbons (Fsp3) is 0.333. The number of ether oxygens (including phenoxy) is 1. The van der Waals surface area contributed by atoms with E-state index in [2.05, 4.69) is 21.1 Å². The van der Waals surface area contributed by atoms with Crippen molar-refractivity contribution in [1.29, 1.82) is 0 Å². The third kappa shape index (κ3) is 2.16. The summed E-state index contributed by atoms with van der Waals surface area (Å²) in [5, 5.41) is 3.78. The zero-order valence-electron chi connectivity index (χ0n) is 11.3. The molecule has 4 nitrogen and oxygen atoms in total. The highest BCUT2D eigenvalue weighted by atomic mass is 79.9. The van der Waals surface area contributed by atoms with Gasteiger partial charge in [-0.2, -0.15) is 0 Å². The lowest BCUT2D eigenvalue weighted by Crippen LogP contribution is -2.06. The van der Waals surface area contributed by atoms with Crippen LogP contribution in [0, 0.1) is 6.92 Å². The molecular formula is C15H14BrNO3. The first kappa shape index (κ1) is 13.4. The SMILES string of the molecule is COc1c(Br)ccc(C(=O)c2cnoc2C2CC2)c1C. The summed E-state index contributed by atoms with van der Waals surface area (Å²) in [6.45, 7) is 1.88. The lowest BCUT2D eigenvalue weighted by Gasteiger charge is -2.11. The minimum Gasteiger partial charge on any atom is -0.495 e. The zero-order chi connectivity index (χ0) is 14.3. The number of nitrogens with zero attached hydrogens (tertiary/aromatic N) is 1. The van der Waals surface area contributed by atoms with E-state index in [9.17, 15) is 4.79 Å². The van der Waals surface area contributed by atoms with Crippen molar-refractivity contribution in [2.45, 2.75) is 25.7 Å². The minimum atomic E-state index is -0.0588. The Labute approximate surface area is 125 Å². The Morgan fingerprint density at radius 1 is 1.40 bits per heavy atom. The molecule has 0 saturated heterocycles. The van der Waals surface area contributed by atoms with Gasteiger partial charge < -0.3 is 9.26 Å². The first-order valence-corrected chi connectivity index (χ1v) is 7.25. The number of hydrogen-bond donors (Lipinski definition) is 0. The average molecular weight is 336 g/mol. The molecular weight excluding hydrogens is 322 g/mol. The van der Waals surface area contributed by atoms with Crippen molar-refractivity contribution in [2.24, 2.45) is 0 Å². The zero-order valence-corrected chi connectivity index (χ0v) is 12.9. The summed E-state index contributed by atoms with van der Waals surface area (Å²) in [5.41, 5.74) is 2.00. The van der Waals surface area contributed by atoms with Crippen molar-refractivity contribution >= 4 is 21.7 Å². The third-order valence-corrected chi connectivity index (χ3v) is 4.22. The van der Waals surface area contributed by atoms with Gasteiger partial charge in [-0.1, -0.05) is 5.16 Å². The lowest BCUT2D eigenvalue weighted by atomic mass is 9.98. The Hall–Kier alpha value is -1.62. The molecule has 1 aliphatic carbocycles. The van der Waals surface area contributed by atoms with E-state index in [-0.39, 0.29) is 5.78 Å². The molecule has 3 rings (SSSR count). The number of carbonyl (C=O) groups is 1. The van der Waals surface area contributed by atoms with Gasteiger partial charge in [-0.15, -0.1) is 0 Å². The van der Waals surface area contributed by atoms with E-state index in [0.29, 0.717) is 22.8 Å². The second-order valence-corrected chi connectivity index (χ2v) is 5.81. The van der Waals surface area contributed by atoms with Gasteiger partial charge in [0.2, 0.25) is 0 Å². The molecule has 1 fully saturated rings. The topological polar surface area (TPSA) is 52.3 Å². The predicted octanol–water partition coefficient (Wildman–Crippen LogP) is 3.86. The molecule has 1 saturated carbocycles. The molecule has 2 aromatic rings. The third-order valence-electron chi connectivity index (χ3n) is 3.60. The van der Waals surface area contributed by atoms with Crippen LogP contribution in [0.2, 0.25) is 0 Å². The first-order valence-electron chi connectivity index (χ1n) is 6.45. The van der Waals surface area contributed by atoms with Crippen LogP contribution in [-0.4, -0.2) is 18.0 Å². The first-order chi connectivity index (χ1) is 9.63. The number of ketones is 1. The Morgan fingerprint density at radius 3 is 2.80 bits per heavy atom. The Kier molecular flexibility index (Phi) is 3.38. The van der Waals surface area contributed by atoms with Gasteiger partial charge in [0.1, 0.15) is 5.75 Å². The second kappa shape index (κ2) is 5.05. The quantitative estimate of drug-likeness (QED) is 0.796. The Morgan fingerprint density at radius 2 is 2.15 bits per heavy atom. The summed E-state index contributed by atoms with van der Waals surface area (Å²) < 4.78 is 11.4. The van der Waals surface area contributed by atoms with Gasteiger partial charge in [0, 0.05) is 17.0 Å². The molecule has 1 aromatic heterocycles. The van der Waals surface area contributed by atoms with E-state index in [1.807, 2.05) is 13.0 Å². The molecule has 5 heteroatoms. The molecule has 0 amide bonds. The molecule has 0 N–H and O–H groups in total. The number of rotatable bonds is 4. The molecule has 0 bridgehead atoms. The summed E-state index contributed by atoms with van der Waals surface area (Å²) in [6.07, 6.45) is 3.65. The van der Waals surface area contributed by atoms with Gasteiger partial charge in [-0.25, -0.2) is 0 Å². The molecule has 0 aliphatic heterocycles.